The van der Waals surface area contributed by atoms with Gasteiger partial charge in [-0.2, -0.15) is 0 Å². The van der Waals surface area contributed by atoms with E-state index in [1.807, 2.05) is 16.8 Å². The van der Waals surface area contributed by atoms with Gasteiger partial charge in [-0.15, -0.1) is 22.7 Å². The Morgan fingerprint density at radius 3 is 2.94 bits per heavy atom. The second-order valence-electron chi connectivity index (χ2n) is 3.25. The summed E-state index contributed by atoms with van der Waals surface area (Å²) < 4.78 is 5.94. The van der Waals surface area contributed by atoms with Crippen molar-refractivity contribution in [2.24, 2.45) is 0 Å². The minimum atomic E-state index is -0.225. The van der Waals surface area contributed by atoms with Crippen LogP contribution in [0.4, 0.5) is 0 Å². The van der Waals surface area contributed by atoms with Gasteiger partial charge < -0.3 is 4.74 Å². The van der Waals surface area contributed by atoms with Gasteiger partial charge in [0.05, 0.1) is 23.6 Å². The largest absolute Gasteiger partial charge is 0.466 e. The quantitative estimate of drug-likeness (QED) is 0.801. The van der Waals surface area contributed by atoms with Crippen molar-refractivity contribution in [3.8, 4) is 9.88 Å². The molecule has 0 aromatic carbocycles. The maximum Gasteiger partial charge on any atom is 0.311 e. The molecule has 2 aromatic rings. The van der Waals surface area contributed by atoms with Crippen LogP contribution >= 0.6 is 38.6 Å². The summed E-state index contributed by atoms with van der Waals surface area (Å²) in [7, 11) is 0. The van der Waals surface area contributed by atoms with Gasteiger partial charge in [0.2, 0.25) is 0 Å². The minimum Gasteiger partial charge on any atom is -0.466 e. The predicted molar refractivity (Wildman–Crippen MR) is 73.5 cm³/mol. The van der Waals surface area contributed by atoms with E-state index in [1.165, 1.54) is 0 Å². The first-order valence-corrected chi connectivity index (χ1v) is 7.58. The first-order valence-electron chi connectivity index (χ1n) is 5.03. The second kappa shape index (κ2) is 5.75. The van der Waals surface area contributed by atoms with Crippen molar-refractivity contribution >= 4 is 44.6 Å². The van der Waals surface area contributed by atoms with Gasteiger partial charge >= 0.3 is 5.97 Å². The van der Waals surface area contributed by atoms with E-state index in [0.29, 0.717) is 6.61 Å². The second-order valence-corrected chi connectivity index (χ2v) is 5.94. The summed E-state index contributed by atoms with van der Waals surface area (Å²) in [5.74, 6) is -0.225. The fourth-order valence-corrected chi connectivity index (χ4v) is 3.61. The topological polar surface area (TPSA) is 39.2 Å². The number of aromatic nitrogens is 1. The average Bonchev–Trinajstić information content (AvgIpc) is 2.87. The van der Waals surface area contributed by atoms with Gasteiger partial charge in [0.25, 0.3) is 0 Å². The number of thiophene rings is 1. The molecule has 2 rings (SSSR count). The predicted octanol–water partition coefficient (Wildman–Crippen LogP) is 3.74. The zero-order valence-electron chi connectivity index (χ0n) is 9.10. The summed E-state index contributed by atoms with van der Waals surface area (Å²) in [5.41, 5.74) is 0.771. The van der Waals surface area contributed by atoms with Crippen LogP contribution in [0.15, 0.2) is 21.3 Å². The van der Waals surface area contributed by atoms with Crippen molar-refractivity contribution in [3.63, 3.8) is 0 Å². The Balaban J connectivity index is 2.08. The summed E-state index contributed by atoms with van der Waals surface area (Å²) in [6.45, 7) is 2.21. The summed E-state index contributed by atoms with van der Waals surface area (Å²) in [5, 5.41) is 4.86. The molecule has 0 N–H and O–H groups in total. The van der Waals surface area contributed by atoms with Crippen molar-refractivity contribution in [1.82, 2.24) is 4.98 Å². The highest BCUT2D eigenvalue weighted by atomic mass is 79.9. The highest BCUT2D eigenvalue weighted by Gasteiger charge is 2.10. The van der Waals surface area contributed by atoms with Gasteiger partial charge in [0, 0.05) is 15.2 Å². The number of carbonyl (C=O) groups excluding carboxylic acids is 1. The fraction of sp³-hybridized carbons (Fsp3) is 0.273. The zero-order chi connectivity index (χ0) is 12.3. The lowest BCUT2D eigenvalue weighted by atomic mass is 10.3. The monoisotopic (exact) mass is 331 g/mol. The number of hydrogen-bond donors (Lipinski definition) is 0. The van der Waals surface area contributed by atoms with Gasteiger partial charge in [-0.3, -0.25) is 4.79 Å². The number of ether oxygens (including phenoxy) is 1. The number of hydrogen-bond acceptors (Lipinski definition) is 5. The fourth-order valence-electron chi connectivity index (χ4n) is 1.29. The number of esters is 1. The standard InChI is InChI=1S/C11H10BrNO2S2/c1-2-15-10(14)4-8-6-17-11(13-8)9-3-7(12)5-16-9/h3,5-6H,2,4H2,1H3. The Hall–Kier alpha value is -0.720. The van der Waals surface area contributed by atoms with E-state index in [4.69, 9.17) is 4.74 Å². The van der Waals surface area contributed by atoms with E-state index in [1.54, 1.807) is 29.6 Å². The molecule has 0 fully saturated rings. The lowest BCUT2D eigenvalue weighted by Crippen LogP contribution is -2.07. The Morgan fingerprint density at radius 1 is 1.47 bits per heavy atom. The highest BCUT2D eigenvalue weighted by Crippen LogP contribution is 2.32. The molecule has 0 radical (unpaired) electrons. The number of rotatable bonds is 4. The maximum absolute atomic E-state index is 11.3. The van der Waals surface area contributed by atoms with Crippen molar-refractivity contribution in [3.05, 3.63) is 27.0 Å². The maximum atomic E-state index is 11.3. The molecule has 90 valence electrons. The molecule has 0 spiro atoms. The van der Waals surface area contributed by atoms with Gasteiger partial charge in [0.15, 0.2) is 0 Å². The molecule has 2 heterocycles. The van der Waals surface area contributed by atoms with E-state index >= 15 is 0 Å². The molecule has 0 amide bonds. The first kappa shape index (κ1) is 12.7. The van der Waals surface area contributed by atoms with Gasteiger partial charge in [-0.05, 0) is 28.9 Å². The third-order valence-electron chi connectivity index (χ3n) is 1.96. The van der Waals surface area contributed by atoms with Crippen LogP contribution in [0.5, 0.6) is 0 Å². The van der Waals surface area contributed by atoms with Gasteiger partial charge in [0.1, 0.15) is 5.01 Å². The number of carbonyl (C=O) groups is 1. The van der Waals surface area contributed by atoms with Crippen LogP contribution in [0.25, 0.3) is 9.88 Å². The van der Waals surface area contributed by atoms with Crippen LogP contribution in [0.2, 0.25) is 0 Å². The van der Waals surface area contributed by atoms with Crippen molar-refractivity contribution in [2.75, 3.05) is 6.61 Å². The molecule has 0 aliphatic carbocycles. The Morgan fingerprint density at radius 2 is 2.29 bits per heavy atom. The molecular weight excluding hydrogens is 322 g/mol. The van der Waals surface area contributed by atoms with E-state index in [2.05, 4.69) is 20.9 Å². The van der Waals surface area contributed by atoms with Crippen LogP contribution in [0.1, 0.15) is 12.6 Å². The molecule has 2 aromatic heterocycles. The summed E-state index contributed by atoms with van der Waals surface area (Å²) in [6, 6.07) is 2.03. The Labute approximate surface area is 116 Å². The molecule has 0 atom stereocenters. The van der Waals surface area contributed by atoms with Gasteiger partial charge in [-0.25, -0.2) is 4.98 Å². The van der Waals surface area contributed by atoms with E-state index in [0.717, 1.165) is 20.1 Å². The summed E-state index contributed by atoms with van der Waals surface area (Å²) in [4.78, 5) is 16.8. The van der Waals surface area contributed by atoms with E-state index in [-0.39, 0.29) is 12.4 Å². The zero-order valence-corrected chi connectivity index (χ0v) is 12.3. The summed E-state index contributed by atoms with van der Waals surface area (Å²) in [6.07, 6.45) is 0.247. The Bertz CT molecular complexity index is 521. The number of thiazole rings is 1. The van der Waals surface area contributed by atoms with Crippen LogP contribution in [-0.4, -0.2) is 17.6 Å². The third-order valence-corrected chi connectivity index (χ3v) is 4.71. The van der Waals surface area contributed by atoms with Crippen LogP contribution in [0.3, 0.4) is 0 Å². The molecule has 6 heteroatoms. The number of halogens is 1. The normalized spacial score (nSPS) is 10.5. The third kappa shape index (κ3) is 3.37. The first-order chi connectivity index (χ1) is 8.19. The molecule has 0 aliphatic rings. The minimum absolute atomic E-state index is 0.225. The van der Waals surface area contributed by atoms with Crippen LogP contribution in [0, 0.1) is 0 Å². The molecule has 0 saturated heterocycles. The molecular formula is C11H10BrNO2S2. The SMILES string of the molecule is CCOC(=O)Cc1csc(-c2cc(Br)cs2)n1. The molecule has 0 saturated carbocycles. The van der Waals surface area contributed by atoms with Crippen molar-refractivity contribution in [2.45, 2.75) is 13.3 Å². The number of nitrogens with zero attached hydrogens (tertiary/aromatic N) is 1. The summed E-state index contributed by atoms with van der Waals surface area (Å²) >= 11 is 6.59. The Kier molecular flexibility index (Phi) is 4.31. The van der Waals surface area contributed by atoms with E-state index in [9.17, 15) is 4.79 Å². The lowest BCUT2D eigenvalue weighted by Gasteiger charge is -1.97. The van der Waals surface area contributed by atoms with Crippen molar-refractivity contribution in [1.29, 1.82) is 0 Å². The molecule has 3 nitrogen and oxygen atoms in total. The van der Waals surface area contributed by atoms with Crippen LogP contribution in [-0.2, 0) is 16.0 Å². The average molecular weight is 332 g/mol. The molecule has 0 aliphatic heterocycles. The molecule has 0 unspecified atom stereocenters. The molecule has 0 bridgehead atoms. The van der Waals surface area contributed by atoms with Crippen LogP contribution < -0.4 is 0 Å². The molecule has 17 heavy (non-hydrogen) atoms. The van der Waals surface area contributed by atoms with E-state index < -0.39 is 0 Å². The smallest absolute Gasteiger partial charge is 0.311 e. The lowest BCUT2D eigenvalue weighted by molar-refractivity contribution is -0.142. The van der Waals surface area contributed by atoms with Gasteiger partial charge in [-0.1, -0.05) is 0 Å². The van der Waals surface area contributed by atoms with Crippen molar-refractivity contribution < 1.29 is 9.53 Å². The highest BCUT2D eigenvalue weighted by molar-refractivity contribution is 9.10.